The molecule has 144 valence electrons. The number of hydrogen-bond donors (Lipinski definition) is 0. The van der Waals surface area contributed by atoms with E-state index >= 15 is 0 Å². The topological polar surface area (TPSA) is 20.3 Å². The molecule has 1 heterocycles. The quantitative estimate of drug-likeness (QED) is 0.469. The van der Waals surface area contributed by atoms with Gasteiger partial charge in [-0.25, -0.2) is 0 Å². The van der Waals surface area contributed by atoms with Gasteiger partial charge in [0.05, 0.1) is 10.0 Å². The highest BCUT2D eigenvalue weighted by molar-refractivity contribution is 6.42. The normalized spacial score (nSPS) is 15.1. The molecule has 0 atom stereocenters. The van der Waals surface area contributed by atoms with Crippen molar-refractivity contribution in [3.63, 3.8) is 0 Å². The second-order valence-electron chi connectivity index (χ2n) is 7.16. The summed E-state index contributed by atoms with van der Waals surface area (Å²) in [6.07, 6.45) is 5.46. The number of halogens is 3. The van der Waals surface area contributed by atoms with Crippen LogP contribution in [-0.4, -0.2) is 23.9 Å². The molecule has 0 spiro atoms. The number of rotatable bonds is 6. The number of carbonyl (C=O) groups excluding carboxylic acids is 1. The maximum Gasteiger partial charge on any atom is 0.222 e. The van der Waals surface area contributed by atoms with Crippen LogP contribution in [0.5, 0.6) is 0 Å². The first-order valence-corrected chi connectivity index (χ1v) is 10.6. The molecule has 5 heteroatoms. The lowest BCUT2D eigenvalue weighted by Crippen LogP contribution is -2.37. The zero-order valence-corrected chi connectivity index (χ0v) is 17.5. The molecule has 0 saturated carbocycles. The Morgan fingerprint density at radius 2 is 1.63 bits per heavy atom. The van der Waals surface area contributed by atoms with Gasteiger partial charge in [0.1, 0.15) is 0 Å². The maximum absolute atomic E-state index is 12.5. The van der Waals surface area contributed by atoms with E-state index in [0.717, 1.165) is 50.2 Å². The van der Waals surface area contributed by atoms with E-state index in [2.05, 4.69) is 12.1 Å². The van der Waals surface area contributed by atoms with Crippen LogP contribution < -0.4 is 0 Å². The SMILES string of the molecule is O=C(CCCCc1ccc(Cl)c(Cl)c1)N1CCC(c2ccc(Cl)cc2)CC1. The van der Waals surface area contributed by atoms with Gasteiger partial charge in [-0.3, -0.25) is 4.79 Å². The summed E-state index contributed by atoms with van der Waals surface area (Å²) in [4.78, 5) is 14.5. The van der Waals surface area contributed by atoms with Crippen molar-refractivity contribution in [3.05, 3.63) is 68.7 Å². The minimum Gasteiger partial charge on any atom is -0.343 e. The lowest BCUT2D eigenvalue weighted by Gasteiger charge is -2.32. The van der Waals surface area contributed by atoms with Crippen molar-refractivity contribution >= 4 is 40.7 Å². The second-order valence-corrected chi connectivity index (χ2v) is 8.41. The molecule has 1 amide bonds. The zero-order valence-electron chi connectivity index (χ0n) is 15.3. The molecule has 0 bridgehead atoms. The Kier molecular flexibility index (Phi) is 7.46. The van der Waals surface area contributed by atoms with Crippen LogP contribution >= 0.6 is 34.8 Å². The van der Waals surface area contributed by atoms with Gasteiger partial charge in [-0.1, -0.05) is 53.0 Å². The molecule has 2 nitrogen and oxygen atoms in total. The van der Waals surface area contributed by atoms with Gasteiger partial charge in [0.15, 0.2) is 0 Å². The van der Waals surface area contributed by atoms with Gasteiger partial charge in [0, 0.05) is 24.5 Å². The van der Waals surface area contributed by atoms with Crippen molar-refractivity contribution in [2.45, 2.75) is 44.4 Å². The highest BCUT2D eigenvalue weighted by Gasteiger charge is 2.23. The lowest BCUT2D eigenvalue weighted by molar-refractivity contribution is -0.132. The molecule has 1 saturated heterocycles. The summed E-state index contributed by atoms with van der Waals surface area (Å²) in [5, 5.41) is 1.94. The zero-order chi connectivity index (χ0) is 19.2. The molecule has 3 rings (SSSR count). The number of amides is 1. The number of piperidine rings is 1. The van der Waals surface area contributed by atoms with E-state index in [-0.39, 0.29) is 5.91 Å². The summed E-state index contributed by atoms with van der Waals surface area (Å²) in [6.45, 7) is 1.69. The van der Waals surface area contributed by atoms with Crippen LogP contribution in [0.4, 0.5) is 0 Å². The third-order valence-corrected chi connectivity index (χ3v) is 6.27. The number of benzene rings is 2. The highest BCUT2D eigenvalue weighted by Crippen LogP contribution is 2.29. The van der Waals surface area contributed by atoms with Gasteiger partial charge in [-0.2, -0.15) is 0 Å². The Labute approximate surface area is 176 Å². The monoisotopic (exact) mass is 423 g/mol. The Morgan fingerprint density at radius 3 is 2.30 bits per heavy atom. The molecule has 2 aromatic rings. The first-order valence-electron chi connectivity index (χ1n) is 9.50. The average molecular weight is 425 g/mol. The van der Waals surface area contributed by atoms with E-state index in [4.69, 9.17) is 34.8 Å². The summed E-state index contributed by atoms with van der Waals surface area (Å²) in [5.41, 5.74) is 2.49. The number of carbonyl (C=O) groups is 1. The molecule has 0 aliphatic carbocycles. The van der Waals surface area contributed by atoms with Crippen molar-refractivity contribution in [3.8, 4) is 0 Å². The van der Waals surface area contributed by atoms with Crippen molar-refractivity contribution in [2.24, 2.45) is 0 Å². The van der Waals surface area contributed by atoms with Crippen LogP contribution in [-0.2, 0) is 11.2 Å². The summed E-state index contributed by atoms with van der Waals surface area (Å²) >= 11 is 17.9. The first-order chi connectivity index (χ1) is 13.0. The van der Waals surface area contributed by atoms with Crippen molar-refractivity contribution < 1.29 is 4.79 Å². The summed E-state index contributed by atoms with van der Waals surface area (Å²) in [6, 6.07) is 13.8. The second kappa shape index (κ2) is 9.82. The molecule has 0 aromatic heterocycles. The smallest absolute Gasteiger partial charge is 0.222 e. The molecule has 2 aromatic carbocycles. The summed E-state index contributed by atoms with van der Waals surface area (Å²) in [5.74, 6) is 0.805. The van der Waals surface area contributed by atoms with E-state index < -0.39 is 0 Å². The van der Waals surface area contributed by atoms with Crippen LogP contribution in [0.15, 0.2) is 42.5 Å². The minimum absolute atomic E-state index is 0.277. The van der Waals surface area contributed by atoms with E-state index in [1.807, 2.05) is 35.2 Å². The van der Waals surface area contributed by atoms with Gasteiger partial charge in [0.25, 0.3) is 0 Å². The number of nitrogens with zero attached hydrogens (tertiary/aromatic N) is 1. The molecular formula is C22H24Cl3NO. The van der Waals surface area contributed by atoms with Crippen LogP contribution in [0.3, 0.4) is 0 Å². The van der Waals surface area contributed by atoms with Crippen LogP contribution in [0, 0.1) is 0 Å². The van der Waals surface area contributed by atoms with Crippen LogP contribution in [0.25, 0.3) is 0 Å². The average Bonchev–Trinajstić information content (AvgIpc) is 2.68. The van der Waals surface area contributed by atoms with E-state index in [0.29, 0.717) is 22.4 Å². The summed E-state index contributed by atoms with van der Waals surface area (Å²) < 4.78 is 0. The number of aryl methyl sites for hydroxylation is 1. The standard InChI is InChI=1S/C22H24Cl3NO/c23-19-8-6-17(7-9-19)18-11-13-26(14-12-18)22(27)4-2-1-3-16-5-10-20(24)21(25)15-16/h5-10,15,18H,1-4,11-14H2. The van der Waals surface area contributed by atoms with Gasteiger partial charge >= 0.3 is 0 Å². The minimum atomic E-state index is 0.277. The Bertz CT molecular complexity index is 768. The van der Waals surface area contributed by atoms with Crippen LogP contribution in [0.2, 0.25) is 15.1 Å². The predicted molar refractivity (Wildman–Crippen MR) is 114 cm³/mol. The Hall–Kier alpha value is -1.22. The van der Waals surface area contributed by atoms with E-state index in [9.17, 15) is 4.79 Å². The van der Waals surface area contributed by atoms with E-state index in [1.54, 1.807) is 0 Å². The van der Waals surface area contributed by atoms with Gasteiger partial charge < -0.3 is 4.90 Å². The first kappa shape index (κ1) is 20.5. The van der Waals surface area contributed by atoms with E-state index in [1.165, 1.54) is 11.1 Å². The molecule has 0 N–H and O–H groups in total. The van der Waals surface area contributed by atoms with Gasteiger partial charge in [0.2, 0.25) is 5.91 Å². The lowest BCUT2D eigenvalue weighted by atomic mass is 9.89. The van der Waals surface area contributed by atoms with Crippen LogP contribution in [0.1, 0.15) is 49.1 Å². The van der Waals surface area contributed by atoms with Gasteiger partial charge in [-0.15, -0.1) is 0 Å². The van der Waals surface area contributed by atoms with Crippen molar-refractivity contribution in [2.75, 3.05) is 13.1 Å². The van der Waals surface area contributed by atoms with Crippen molar-refractivity contribution in [1.82, 2.24) is 4.90 Å². The fourth-order valence-corrected chi connectivity index (χ4v) is 4.10. The fourth-order valence-electron chi connectivity index (χ4n) is 3.66. The third-order valence-electron chi connectivity index (χ3n) is 5.28. The number of hydrogen-bond acceptors (Lipinski definition) is 1. The largest absolute Gasteiger partial charge is 0.343 e. The molecule has 1 fully saturated rings. The summed E-state index contributed by atoms with van der Waals surface area (Å²) in [7, 11) is 0. The maximum atomic E-state index is 12.5. The molecule has 1 aliphatic heterocycles. The molecular weight excluding hydrogens is 401 g/mol. The fraction of sp³-hybridized carbons (Fsp3) is 0.409. The highest BCUT2D eigenvalue weighted by atomic mass is 35.5. The number of likely N-dealkylation sites (tertiary alicyclic amines) is 1. The number of unbranched alkanes of at least 4 members (excludes halogenated alkanes) is 1. The molecule has 27 heavy (non-hydrogen) atoms. The molecule has 0 unspecified atom stereocenters. The van der Waals surface area contributed by atoms with Gasteiger partial charge in [-0.05, 0) is 73.4 Å². The Morgan fingerprint density at radius 1 is 0.926 bits per heavy atom. The third kappa shape index (κ3) is 5.88. The predicted octanol–water partition coefficient (Wildman–Crippen LogP) is 6.77. The molecule has 0 radical (unpaired) electrons. The van der Waals surface area contributed by atoms with Crippen molar-refractivity contribution in [1.29, 1.82) is 0 Å². The Balaban J connectivity index is 1.38. The molecule has 1 aliphatic rings.